The van der Waals surface area contributed by atoms with E-state index in [4.69, 9.17) is 9.47 Å². The fourth-order valence-corrected chi connectivity index (χ4v) is 6.23. The van der Waals surface area contributed by atoms with E-state index >= 15 is 8.78 Å². The number of pyridine rings is 1. The number of unbranched alkanes of at least 4 members (excludes halogenated alkanes) is 1. The van der Waals surface area contributed by atoms with Gasteiger partial charge in [0.05, 0.1) is 12.7 Å². The summed E-state index contributed by atoms with van der Waals surface area (Å²) in [7, 11) is 0. The number of alkyl halides is 2. The molecule has 2 fully saturated rings. The quantitative estimate of drug-likeness (QED) is 0.311. The van der Waals surface area contributed by atoms with Gasteiger partial charge in [-0.15, -0.1) is 0 Å². The van der Waals surface area contributed by atoms with Gasteiger partial charge >= 0.3 is 5.97 Å². The lowest BCUT2D eigenvalue weighted by Crippen LogP contribution is -2.36. The summed E-state index contributed by atoms with van der Waals surface area (Å²) in [5.74, 6) is -4.70. The SMILES string of the molecule is O=C(O)[C@@H](c1cc(F)ccc1COC1CCOCC1)N1CC[C@@H](C(F)(F)CCCCc2ccc3c(n2)NCCC3)C1. The highest BCUT2D eigenvalue weighted by molar-refractivity contribution is 5.76. The molecule has 2 atom stereocenters. The third-order valence-corrected chi connectivity index (χ3v) is 8.61. The van der Waals surface area contributed by atoms with Crippen molar-refractivity contribution in [2.24, 2.45) is 5.92 Å². The zero-order valence-electron chi connectivity index (χ0n) is 23.4. The van der Waals surface area contributed by atoms with Crippen LogP contribution in [0.25, 0.3) is 0 Å². The summed E-state index contributed by atoms with van der Waals surface area (Å²) in [6, 6.07) is 6.86. The predicted octanol–water partition coefficient (Wildman–Crippen LogP) is 5.77. The number of rotatable bonds is 12. The summed E-state index contributed by atoms with van der Waals surface area (Å²) < 4.78 is 56.2. The lowest BCUT2D eigenvalue weighted by molar-refractivity contribution is -0.143. The summed E-state index contributed by atoms with van der Waals surface area (Å²) in [4.78, 5) is 18.6. The Bertz CT molecular complexity index is 1190. The Kier molecular flexibility index (Phi) is 9.83. The molecule has 7 nitrogen and oxygen atoms in total. The molecule has 3 aliphatic rings. The van der Waals surface area contributed by atoms with Crippen LogP contribution in [-0.2, 0) is 33.7 Å². The largest absolute Gasteiger partial charge is 0.480 e. The molecule has 5 rings (SSSR count). The van der Waals surface area contributed by atoms with Crippen molar-refractivity contribution < 1.29 is 32.5 Å². The van der Waals surface area contributed by atoms with Gasteiger partial charge in [-0.2, -0.15) is 0 Å². The number of aromatic nitrogens is 1. The van der Waals surface area contributed by atoms with Crippen molar-refractivity contribution in [1.82, 2.24) is 9.88 Å². The molecule has 0 spiro atoms. The van der Waals surface area contributed by atoms with Crippen LogP contribution in [0.4, 0.5) is 19.0 Å². The number of aryl methyl sites for hydroxylation is 2. The Morgan fingerprint density at radius 3 is 2.83 bits per heavy atom. The smallest absolute Gasteiger partial charge is 0.325 e. The van der Waals surface area contributed by atoms with Crippen LogP contribution in [0.5, 0.6) is 0 Å². The van der Waals surface area contributed by atoms with E-state index in [2.05, 4.69) is 16.4 Å². The molecule has 0 saturated carbocycles. The van der Waals surface area contributed by atoms with Crippen molar-refractivity contribution in [2.75, 3.05) is 38.2 Å². The molecular formula is C31H40F3N3O4. The fourth-order valence-electron chi connectivity index (χ4n) is 6.23. The van der Waals surface area contributed by atoms with Gasteiger partial charge < -0.3 is 19.9 Å². The van der Waals surface area contributed by atoms with Crippen LogP contribution in [0, 0.1) is 11.7 Å². The van der Waals surface area contributed by atoms with E-state index in [9.17, 15) is 14.3 Å². The molecule has 2 aromatic rings. The standard InChI is InChI=1S/C31H40F3N3O4/c32-24-8-6-22(20-41-26-11-16-40-17-12-26)27(18-24)28(30(38)39)37-15-10-23(19-37)31(33,34)13-2-1-5-25-9-7-21-4-3-14-35-29(21)36-25/h6-9,18,23,26,28H,1-5,10-17,19-20H2,(H,35,36)(H,38,39)/t23-,28-/m1/s1. The molecule has 0 amide bonds. The fraction of sp³-hybridized carbons (Fsp3) is 0.613. The van der Waals surface area contributed by atoms with E-state index in [1.807, 2.05) is 6.07 Å². The monoisotopic (exact) mass is 575 g/mol. The number of hydrogen-bond donors (Lipinski definition) is 2. The molecule has 1 aromatic heterocycles. The first-order valence-corrected chi connectivity index (χ1v) is 14.8. The second-order valence-electron chi connectivity index (χ2n) is 11.5. The molecule has 2 saturated heterocycles. The second-order valence-corrected chi connectivity index (χ2v) is 11.5. The Morgan fingerprint density at radius 1 is 1.20 bits per heavy atom. The number of nitrogens with zero attached hydrogens (tertiary/aromatic N) is 2. The molecule has 224 valence electrons. The van der Waals surface area contributed by atoms with Crippen LogP contribution in [0.3, 0.4) is 0 Å². The number of hydrogen-bond acceptors (Lipinski definition) is 6. The van der Waals surface area contributed by atoms with E-state index in [-0.39, 0.29) is 44.2 Å². The molecule has 0 radical (unpaired) electrons. The maximum atomic E-state index is 15.3. The first-order chi connectivity index (χ1) is 19.8. The van der Waals surface area contributed by atoms with Crippen molar-refractivity contribution in [1.29, 1.82) is 0 Å². The number of halogens is 3. The molecule has 4 heterocycles. The zero-order valence-corrected chi connectivity index (χ0v) is 23.4. The molecule has 41 heavy (non-hydrogen) atoms. The number of carboxylic acids is 1. The minimum absolute atomic E-state index is 0.0144. The van der Waals surface area contributed by atoms with Gasteiger partial charge in [0.25, 0.3) is 5.92 Å². The van der Waals surface area contributed by atoms with Crippen LogP contribution in [0.1, 0.15) is 73.4 Å². The summed E-state index contributed by atoms with van der Waals surface area (Å²) >= 11 is 0. The van der Waals surface area contributed by atoms with Crippen LogP contribution in [0.15, 0.2) is 30.3 Å². The third kappa shape index (κ3) is 7.59. The molecule has 10 heteroatoms. The van der Waals surface area contributed by atoms with Gasteiger partial charge in [-0.3, -0.25) is 9.69 Å². The minimum atomic E-state index is -2.92. The van der Waals surface area contributed by atoms with Crippen molar-refractivity contribution in [2.45, 2.75) is 82.5 Å². The molecular weight excluding hydrogens is 535 g/mol. The van der Waals surface area contributed by atoms with Gasteiger partial charge in [0.15, 0.2) is 0 Å². The van der Waals surface area contributed by atoms with E-state index in [0.717, 1.165) is 43.7 Å². The van der Waals surface area contributed by atoms with E-state index in [1.54, 1.807) is 4.90 Å². The first-order valence-electron chi connectivity index (χ1n) is 14.8. The third-order valence-electron chi connectivity index (χ3n) is 8.61. The number of aliphatic carboxylic acids is 1. The number of anilines is 1. The van der Waals surface area contributed by atoms with E-state index in [1.165, 1.54) is 23.8 Å². The van der Waals surface area contributed by atoms with Crippen LogP contribution in [-0.4, -0.2) is 65.8 Å². The van der Waals surface area contributed by atoms with Crippen LogP contribution >= 0.6 is 0 Å². The number of likely N-dealkylation sites (tertiary alicyclic amines) is 1. The highest BCUT2D eigenvalue weighted by Gasteiger charge is 2.45. The van der Waals surface area contributed by atoms with E-state index < -0.39 is 29.7 Å². The molecule has 1 aromatic carbocycles. The number of benzene rings is 1. The molecule has 2 N–H and O–H groups in total. The maximum absolute atomic E-state index is 15.3. The van der Waals surface area contributed by atoms with Crippen molar-refractivity contribution >= 4 is 11.8 Å². The highest BCUT2D eigenvalue weighted by Crippen LogP contribution is 2.40. The lowest BCUT2D eigenvalue weighted by Gasteiger charge is -2.29. The van der Waals surface area contributed by atoms with Crippen molar-refractivity contribution in [3.8, 4) is 0 Å². The van der Waals surface area contributed by atoms with Crippen LogP contribution < -0.4 is 5.32 Å². The Labute approximate surface area is 239 Å². The van der Waals surface area contributed by atoms with Crippen molar-refractivity contribution in [3.05, 3.63) is 58.5 Å². The van der Waals surface area contributed by atoms with Gasteiger partial charge in [0.2, 0.25) is 0 Å². The predicted molar refractivity (Wildman–Crippen MR) is 149 cm³/mol. The molecule has 0 bridgehead atoms. The Balaban J connectivity index is 1.17. The van der Waals surface area contributed by atoms with Gasteiger partial charge in [-0.1, -0.05) is 12.1 Å². The number of carbonyl (C=O) groups is 1. The Morgan fingerprint density at radius 2 is 2.02 bits per heavy atom. The Hall–Kier alpha value is -2.69. The molecule has 0 unspecified atom stereocenters. The summed E-state index contributed by atoms with van der Waals surface area (Å²) in [6.45, 7) is 2.39. The maximum Gasteiger partial charge on any atom is 0.325 e. The van der Waals surface area contributed by atoms with Gasteiger partial charge in [-0.25, -0.2) is 18.2 Å². The zero-order chi connectivity index (χ0) is 28.8. The number of nitrogens with one attached hydrogen (secondary N) is 1. The minimum Gasteiger partial charge on any atom is -0.480 e. The summed E-state index contributed by atoms with van der Waals surface area (Å²) in [6.07, 6.45) is 5.10. The average molecular weight is 576 g/mol. The average Bonchev–Trinajstić information content (AvgIpc) is 3.46. The van der Waals surface area contributed by atoms with Gasteiger partial charge in [0.1, 0.15) is 17.7 Å². The number of carboxylic acid groups (broad SMARTS) is 1. The summed E-state index contributed by atoms with van der Waals surface area (Å²) in [5.41, 5.74) is 2.94. The number of ether oxygens (including phenoxy) is 2. The molecule has 0 aliphatic carbocycles. The molecule has 3 aliphatic heterocycles. The van der Waals surface area contributed by atoms with Crippen molar-refractivity contribution in [3.63, 3.8) is 0 Å². The summed E-state index contributed by atoms with van der Waals surface area (Å²) in [5, 5.41) is 13.5. The first kappa shape index (κ1) is 29.8. The highest BCUT2D eigenvalue weighted by atomic mass is 19.3. The van der Waals surface area contributed by atoms with Gasteiger partial charge in [0, 0.05) is 44.3 Å². The van der Waals surface area contributed by atoms with E-state index in [0.29, 0.717) is 38.0 Å². The number of fused-ring (bicyclic) bond motifs is 1. The van der Waals surface area contributed by atoms with Crippen LogP contribution in [0.2, 0.25) is 0 Å². The normalized spacial score (nSPS) is 20.9. The topological polar surface area (TPSA) is 83.9 Å². The second kappa shape index (κ2) is 13.5. The van der Waals surface area contributed by atoms with Gasteiger partial charge in [-0.05, 0) is 92.8 Å². The lowest BCUT2D eigenvalue weighted by atomic mass is 9.94.